The first-order chi connectivity index (χ1) is 8.29. The molecule has 0 bridgehead atoms. The summed E-state index contributed by atoms with van der Waals surface area (Å²) < 4.78 is 11.4. The van der Waals surface area contributed by atoms with Crippen molar-refractivity contribution in [2.75, 3.05) is 33.9 Å². The fourth-order valence-electron chi connectivity index (χ4n) is 3.08. The smallest absolute Gasteiger partial charge is 0.126 e. The van der Waals surface area contributed by atoms with Crippen LogP contribution in [-0.2, 0) is 0 Å². The minimum atomic E-state index is 0.564. The highest BCUT2D eigenvalue weighted by molar-refractivity contribution is 5.49. The zero-order valence-corrected chi connectivity index (χ0v) is 10.5. The molecule has 3 rings (SSSR count). The Hall–Kier alpha value is -1.22. The minimum absolute atomic E-state index is 0.564. The van der Waals surface area contributed by atoms with Crippen molar-refractivity contribution in [1.82, 2.24) is 4.90 Å². The molecule has 0 amide bonds. The summed E-state index contributed by atoms with van der Waals surface area (Å²) in [6.45, 7) is 3.15. The van der Waals surface area contributed by atoms with Crippen molar-refractivity contribution in [2.45, 2.75) is 12.3 Å². The molecule has 1 aromatic rings. The molecule has 2 aliphatic rings. The van der Waals surface area contributed by atoms with E-state index < -0.39 is 0 Å². The summed E-state index contributed by atoms with van der Waals surface area (Å²) in [4.78, 5) is 2.41. The van der Waals surface area contributed by atoms with E-state index in [1.165, 1.54) is 18.5 Å². The molecule has 0 aliphatic carbocycles. The summed E-state index contributed by atoms with van der Waals surface area (Å²) in [6.07, 6.45) is 1.22. The number of ether oxygens (including phenoxy) is 2. The first-order valence-electron chi connectivity index (χ1n) is 6.28. The quantitative estimate of drug-likeness (QED) is 0.741. The molecule has 0 spiro atoms. The van der Waals surface area contributed by atoms with Crippen LogP contribution in [0.15, 0.2) is 18.2 Å². The summed E-state index contributed by atoms with van der Waals surface area (Å²) in [6, 6.07) is 6.10. The lowest BCUT2D eigenvalue weighted by Crippen LogP contribution is -2.41. The molecule has 3 heteroatoms. The number of benzene rings is 1. The molecule has 1 saturated heterocycles. The lowest BCUT2D eigenvalue weighted by molar-refractivity contribution is 0.112. The van der Waals surface area contributed by atoms with E-state index in [2.05, 4.69) is 18.0 Å². The van der Waals surface area contributed by atoms with Crippen LogP contribution in [0.3, 0.4) is 0 Å². The molecule has 0 N–H and O–H groups in total. The predicted molar refractivity (Wildman–Crippen MR) is 66.8 cm³/mol. The molecule has 0 unspecified atom stereocenters. The van der Waals surface area contributed by atoms with Crippen LogP contribution in [0.4, 0.5) is 0 Å². The fourth-order valence-corrected chi connectivity index (χ4v) is 3.08. The number of methoxy groups -OCH3 is 1. The third-order valence-electron chi connectivity index (χ3n) is 4.03. The topological polar surface area (TPSA) is 21.7 Å². The molecule has 3 nitrogen and oxygen atoms in total. The maximum Gasteiger partial charge on any atom is 0.126 e. The lowest BCUT2D eigenvalue weighted by atomic mass is 9.79. The van der Waals surface area contributed by atoms with E-state index in [0.29, 0.717) is 11.8 Å². The third-order valence-corrected chi connectivity index (χ3v) is 4.03. The van der Waals surface area contributed by atoms with Crippen molar-refractivity contribution in [2.24, 2.45) is 5.92 Å². The number of rotatable bonds is 1. The Morgan fingerprint density at radius 1 is 1.41 bits per heavy atom. The van der Waals surface area contributed by atoms with Gasteiger partial charge in [0.2, 0.25) is 0 Å². The first kappa shape index (κ1) is 10.9. The normalized spacial score (nSPS) is 27.9. The molecule has 0 saturated carbocycles. The van der Waals surface area contributed by atoms with Crippen LogP contribution >= 0.6 is 0 Å². The summed E-state index contributed by atoms with van der Waals surface area (Å²) in [5.41, 5.74) is 1.28. The summed E-state index contributed by atoms with van der Waals surface area (Å²) in [5.74, 6) is 3.21. The number of likely N-dealkylation sites (tertiary alicyclic amines) is 1. The van der Waals surface area contributed by atoms with Gasteiger partial charge in [-0.2, -0.15) is 0 Å². The number of hydrogen-bond donors (Lipinski definition) is 0. The molecule has 0 radical (unpaired) electrons. The summed E-state index contributed by atoms with van der Waals surface area (Å²) in [5, 5.41) is 0. The number of hydrogen-bond acceptors (Lipinski definition) is 3. The van der Waals surface area contributed by atoms with Gasteiger partial charge in [-0.25, -0.2) is 0 Å². The molecule has 2 aliphatic heterocycles. The second-order valence-electron chi connectivity index (χ2n) is 5.10. The Bertz CT molecular complexity index is 404. The highest BCUT2D eigenvalue weighted by Crippen LogP contribution is 2.45. The molecular formula is C14H19NO2. The van der Waals surface area contributed by atoms with Crippen molar-refractivity contribution in [3.8, 4) is 11.5 Å². The highest BCUT2D eigenvalue weighted by Gasteiger charge is 2.36. The van der Waals surface area contributed by atoms with Crippen molar-refractivity contribution in [3.05, 3.63) is 23.8 Å². The number of nitrogens with zero attached hydrogens (tertiary/aromatic N) is 1. The fraction of sp³-hybridized carbons (Fsp3) is 0.571. The number of fused-ring (bicyclic) bond motifs is 3. The van der Waals surface area contributed by atoms with Gasteiger partial charge < -0.3 is 14.4 Å². The van der Waals surface area contributed by atoms with Crippen molar-refractivity contribution in [3.63, 3.8) is 0 Å². The Morgan fingerprint density at radius 3 is 3.12 bits per heavy atom. The molecule has 0 aromatic heterocycles. The average molecular weight is 233 g/mol. The molecule has 2 atom stereocenters. The van der Waals surface area contributed by atoms with Crippen molar-refractivity contribution in [1.29, 1.82) is 0 Å². The molecule has 2 heterocycles. The van der Waals surface area contributed by atoms with Crippen LogP contribution in [0.1, 0.15) is 17.9 Å². The number of piperidine rings is 1. The lowest BCUT2D eigenvalue weighted by Gasteiger charge is -2.41. The first-order valence-corrected chi connectivity index (χ1v) is 6.28. The highest BCUT2D eigenvalue weighted by atomic mass is 16.5. The van der Waals surface area contributed by atoms with Crippen LogP contribution < -0.4 is 9.47 Å². The standard InChI is InChI=1S/C14H19NO2/c1-15-7-6-10-9-17-13-5-3-4-12(16-2)14(13)11(10)8-15/h3-5,10-11H,6-9H2,1-2H3/t10-,11-/m0/s1. The summed E-state index contributed by atoms with van der Waals surface area (Å²) in [7, 11) is 3.94. The van der Waals surface area contributed by atoms with E-state index in [1.807, 2.05) is 12.1 Å². The van der Waals surface area contributed by atoms with E-state index in [9.17, 15) is 0 Å². The maximum absolute atomic E-state index is 5.87. The Balaban J connectivity index is 2.03. The minimum Gasteiger partial charge on any atom is -0.496 e. The van der Waals surface area contributed by atoms with Crippen LogP contribution in [0.25, 0.3) is 0 Å². The Kier molecular flexibility index (Phi) is 2.71. The van der Waals surface area contributed by atoms with Gasteiger partial charge in [0.1, 0.15) is 11.5 Å². The van der Waals surface area contributed by atoms with Gasteiger partial charge in [-0.15, -0.1) is 0 Å². The molecule has 1 aromatic carbocycles. The second kappa shape index (κ2) is 4.22. The van der Waals surface area contributed by atoms with Gasteiger partial charge in [0.15, 0.2) is 0 Å². The van der Waals surface area contributed by atoms with Gasteiger partial charge in [0, 0.05) is 23.9 Å². The molecule has 17 heavy (non-hydrogen) atoms. The van der Waals surface area contributed by atoms with Gasteiger partial charge in [0.25, 0.3) is 0 Å². The predicted octanol–water partition coefficient (Wildman–Crippen LogP) is 2.12. The Labute approximate surface area is 102 Å². The summed E-state index contributed by atoms with van der Waals surface area (Å²) >= 11 is 0. The van der Waals surface area contributed by atoms with Crippen molar-refractivity contribution >= 4 is 0 Å². The second-order valence-corrected chi connectivity index (χ2v) is 5.10. The van der Waals surface area contributed by atoms with E-state index >= 15 is 0 Å². The zero-order valence-electron chi connectivity index (χ0n) is 10.5. The van der Waals surface area contributed by atoms with Gasteiger partial charge in [0.05, 0.1) is 13.7 Å². The largest absolute Gasteiger partial charge is 0.496 e. The van der Waals surface area contributed by atoms with E-state index in [1.54, 1.807) is 7.11 Å². The van der Waals surface area contributed by atoms with E-state index in [4.69, 9.17) is 9.47 Å². The maximum atomic E-state index is 5.87. The zero-order chi connectivity index (χ0) is 11.8. The van der Waals surface area contributed by atoms with Crippen molar-refractivity contribution < 1.29 is 9.47 Å². The third kappa shape index (κ3) is 1.78. The van der Waals surface area contributed by atoms with Crippen LogP contribution in [-0.4, -0.2) is 38.8 Å². The number of likely N-dealkylation sites (N-methyl/N-ethyl adjacent to an activating group) is 1. The SMILES string of the molecule is COc1cccc2c1[C@H]1CN(C)CC[C@H]1CO2. The molecular weight excluding hydrogens is 214 g/mol. The van der Waals surface area contributed by atoms with Gasteiger partial charge in [-0.1, -0.05) is 6.07 Å². The van der Waals surface area contributed by atoms with Gasteiger partial charge in [-0.05, 0) is 32.1 Å². The van der Waals surface area contributed by atoms with Crippen LogP contribution in [0.2, 0.25) is 0 Å². The monoisotopic (exact) mass is 233 g/mol. The van der Waals surface area contributed by atoms with Gasteiger partial charge >= 0.3 is 0 Å². The Morgan fingerprint density at radius 2 is 2.29 bits per heavy atom. The van der Waals surface area contributed by atoms with Crippen LogP contribution in [0, 0.1) is 5.92 Å². The molecule has 1 fully saturated rings. The average Bonchev–Trinajstić information content (AvgIpc) is 2.37. The van der Waals surface area contributed by atoms with Gasteiger partial charge in [-0.3, -0.25) is 0 Å². The van der Waals surface area contributed by atoms with Crippen LogP contribution in [0.5, 0.6) is 11.5 Å². The van der Waals surface area contributed by atoms with E-state index in [0.717, 1.165) is 24.7 Å². The van der Waals surface area contributed by atoms with E-state index in [-0.39, 0.29) is 0 Å². The molecule has 92 valence electrons.